The maximum atomic E-state index is 13.3. The molecular weight excluding hydrogens is 179 g/mol. The number of hydrogen-bond acceptors (Lipinski definition) is 2. The van der Waals surface area contributed by atoms with E-state index in [1.807, 2.05) is 4.90 Å². The van der Waals surface area contributed by atoms with Crippen LogP contribution < -0.4 is 0 Å². The van der Waals surface area contributed by atoms with Gasteiger partial charge in [-0.2, -0.15) is 0 Å². The van der Waals surface area contributed by atoms with E-state index in [1.54, 1.807) is 6.08 Å². The lowest BCUT2D eigenvalue weighted by Crippen LogP contribution is -2.43. The topological polar surface area (TPSA) is 6.48 Å². The molecule has 0 saturated carbocycles. The van der Waals surface area contributed by atoms with Crippen LogP contribution in [-0.4, -0.2) is 43.0 Å². The SMILES string of the molecule is C=C/C(F)=C(\C=C)N1CCN(C)CC1. The van der Waals surface area contributed by atoms with Gasteiger partial charge in [0.15, 0.2) is 0 Å². The van der Waals surface area contributed by atoms with Crippen LogP contribution in [0, 0.1) is 0 Å². The van der Waals surface area contributed by atoms with Gasteiger partial charge in [-0.15, -0.1) is 0 Å². The van der Waals surface area contributed by atoms with Crippen molar-refractivity contribution >= 4 is 0 Å². The van der Waals surface area contributed by atoms with E-state index in [1.165, 1.54) is 6.08 Å². The summed E-state index contributed by atoms with van der Waals surface area (Å²) in [5, 5.41) is 0. The van der Waals surface area contributed by atoms with Gasteiger partial charge >= 0.3 is 0 Å². The smallest absolute Gasteiger partial charge is 0.145 e. The van der Waals surface area contributed by atoms with Gasteiger partial charge in [0.2, 0.25) is 0 Å². The molecule has 1 rings (SSSR count). The van der Waals surface area contributed by atoms with Crippen LogP contribution in [0.3, 0.4) is 0 Å². The van der Waals surface area contributed by atoms with Crippen molar-refractivity contribution in [3.8, 4) is 0 Å². The minimum absolute atomic E-state index is 0.287. The van der Waals surface area contributed by atoms with Crippen LogP contribution in [-0.2, 0) is 0 Å². The van der Waals surface area contributed by atoms with E-state index in [9.17, 15) is 4.39 Å². The summed E-state index contributed by atoms with van der Waals surface area (Å²) in [7, 11) is 2.07. The first-order chi connectivity index (χ1) is 6.69. The second-order valence-corrected chi connectivity index (χ2v) is 3.43. The normalized spacial score (nSPS) is 20.3. The molecule has 0 amide bonds. The van der Waals surface area contributed by atoms with Gasteiger partial charge in [0, 0.05) is 26.2 Å². The Kier molecular flexibility index (Phi) is 3.89. The van der Waals surface area contributed by atoms with Crippen molar-refractivity contribution in [1.29, 1.82) is 0 Å². The molecule has 2 nitrogen and oxygen atoms in total. The summed E-state index contributed by atoms with van der Waals surface area (Å²) in [5.74, 6) is -0.287. The molecule has 0 radical (unpaired) electrons. The summed E-state index contributed by atoms with van der Waals surface area (Å²) < 4.78 is 13.3. The van der Waals surface area contributed by atoms with Crippen molar-refractivity contribution in [3.05, 3.63) is 36.8 Å². The summed E-state index contributed by atoms with van der Waals surface area (Å²) in [6.07, 6.45) is 2.79. The van der Waals surface area contributed by atoms with E-state index in [2.05, 4.69) is 25.1 Å². The summed E-state index contributed by atoms with van der Waals surface area (Å²) in [4.78, 5) is 4.23. The van der Waals surface area contributed by atoms with Crippen LogP contribution in [0.2, 0.25) is 0 Å². The molecule has 0 atom stereocenters. The number of halogens is 1. The molecular formula is C11H17FN2. The number of piperazine rings is 1. The molecule has 1 aliphatic rings. The fraction of sp³-hybridized carbons (Fsp3) is 0.455. The monoisotopic (exact) mass is 196 g/mol. The molecule has 1 aliphatic heterocycles. The first kappa shape index (κ1) is 11.0. The van der Waals surface area contributed by atoms with Gasteiger partial charge < -0.3 is 9.80 Å². The molecule has 1 heterocycles. The zero-order valence-corrected chi connectivity index (χ0v) is 8.67. The first-order valence-electron chi connectivity index (χ1n) is 4.77. The Hall–Kier alpha value is -1.09. The van der Waals surface area contributed by atoms with Crippen LogP contribution in [0.25, 0.3) is 0 Å². The van der Waals surface area contributed by atoms with Gasteiger partial charge in [0.1, 0.15) is 5.83 Å². The van der Waals surface area contributed by atoms with Gasteiger partial charge in [-0.1, -0.05) is 13.2 Å². The van der Waals surface area contributed by atoms with E-state index < -0.39 is 0 Å². The fourth-order valence-electron chi connectivity index (χ4n) is 1.53. The number of likely N-dealkylation sites (N-methyl/N-ethyl adjacent to an activating group) is 1. The predicted molar refractivity (Wildman–Crippen MR) is 57.6 cm³/mol. The van der Waals surface area contributed by atoms with E-state index in [0.717, 1.165) is 26.2 Å². The second kappa shape index (κ2) is 4.96. The molecule has 0 spiro atoms. The van der Waals surface area contributed by atoms with Gasteiger partial charge in [-0.25, -0.2) is 4.39 Å². The number of allylic oxidation sites excluding steroid dienone is 3. The van der Waals surface area contributed by atoms with Gasteiger partial charge in [0.05, 0.1) is 5.70 Å². The first-order valence-corrected chi connectivity index (χ1v) is 4.77. The molecule has 0 aromatic carbocycles. The summed E-state index contributed by atoms with van der Waals surface area (Å²) in [5.41, 5.74) is 0.563. The Labute approximate surface area is 85.0 Å². The lowest BCUT2D eigenvalue weighted by atomic mass is 10.2. The molecule has 0 aromatic rings. The number of rotatable bonds is 3. The Morgan fingerprint density at radius 1 is 1.14 bits per heavy atom. The van der Waals surface area contributed by atoms with Crippen LogP contribution >= 0.6 is 0 Å². The van der Waals surface area contributed by atoms with E-state index in [-0.39, 0.29) is 5.83 Å². The Morgan fingerprint density at radius 2 is 1.71 bits per heavy atom. The van der Waals surface area contributed by atoms with Gasteiger partial charge in [0.25, 0.3) is 0 Å². The molecule has 3 heteroatoms. The molecule has 0 N–H and O–H groups in total. The average Bonchev–Trinajstić information content (AvgIpc) is 2.21. The zero-order chi connectivity index (χ0) is 10.6. The van der Waals surface area contributed by atoms with E-state index >= 15 is 0 Å². The van der Waals surface area contributed by atoms with Gasteiger partial charge in [-0.3, -0.25) is 0 Å². The third-order valence-corrected chi connectivity index (χ3v) is 2.46. The highest BCUT2D eigenvalue weighted by Crippen LogP contribution is 2.15. The Morgan fingerprint density at radius 3 is 2.14 bits per heavy atom. The Bertz CT molecular complexity index is 250. The molecule has 78 valence electrons. The molecule has 1 saturated heterocycles. The maximum Gasteiger partial charge on any atom is 0.145 e. The van der Waals surface area contributed by atoms with Crippen LogP contribution in [0.5, 0.6) is 0 Å². The zero-order valence-electron chi connectivity index (χ0n) is 8.67. The summed E-state index contributed by atoms with van der Waals surface area (Å²) in [6.45, 7) is 10.7. The highest BCUT2D eigenvalue weighted by atomic mass is 19.1. The van der Waals surface area contributed by atoms with Crippen molar-refractivity contribution in [2.45, 2.75) is 0 Å². The number of nitrogens with zero attached hydrogens (tertiary/aromatic N) is 2. The average molecular weight is 196 g/mol. The lowest BCUT2D eigenvalue weighted by molar-refractivity contribution is 0.187. The van der Waals surface area contributed by atoms with Crippen molar-refractivity contribution in [2.75, 3.05) is 33.2 Å². The third kappa shape index (κ3) is 2.45. The van der Waals surface area contributed by atoms with Crippen LogP contribution in [0.1, 0.15) is 0 Å². The standard InChI is InChI=1S/C11H17FN2/c1-4-10(12)11(5-2)14-8-6-13(3)7-9-14/h4-5H,1-2,6-9H2,3H3/b11-10-. The third-order valence-electron chi connectivity index (χ3n) is 2.46. The molecule has 1 fully saturated rings. The summed E-state index contributed by atoms with van der Waals surface area (Å²) in [6, 6.07) is 0. The predicted octanol–water partition coefficient (Wildman–Crippen LogP) is 1.79. The largest absolute Gasteiger partial charge is 0.367 e. The highest BCUT2D eigenvalue weighted by Gasteiger charge is 2.16. The van der Waals surface area contributed by atoms with Crippen LogP contribution in [0.4, 0.5) is 4.39 Å². The van der Waals surface area contributed by atoms with Crippen molar-refractivity contribution < 1.29 is 4.39 Å². The molecule has 0 aromatic heterocycles. The lowest BCUT2D eigenvalue weighted by Gasteiger charge is -2.34. The molecule has 0 bridgehead atoms. The van der Waals surface area contributed by atoms with E-state index in [4.69, 9.17) is 0 Å². The number of hydrogen-bond donors (Lipinski definition) is 0. The van der Waals surface area contributed by atoms with E-state index in [0.29, 0.717) is 5.70 Å². The molecule has 0 aliphatic carbocycles. The van der Waals surface area contributed by atoms with Gasteiger partial charge in [-0.05, 0) is 19.2 Å². The minimum atomic E-state index is -0.287. The Balaban J connectivity index is 2.72. The maximum absolute atomic E-state index is 13.3. The quantitative estimate of drug-likeness (QED) is 0.635. The van der Waals surface area contributed by atoms with Crippen molar-refractivity contribution in [1.82, 2.24) is 9.80 Å². The fourth-order valence-corrected chi connectivity index (χ4v) is 1.53. The summed E-state index contributed by atoms with van der Waals surface area (Å²) >= 11 is 0. The van der Waals surface area contributed by atoms with Crippen LogP contribution in [0.15, 0.2) is 36.8 Å². The van der Waals surface area contributed by atoms with Crippen molar-refractivity contribution in [3.63, 3.8) is 0 Å². The van der Waals surface area contributed by atoms with Crippen molar-refractivity contribution in [2.24, 2.45) is 0 Å². The molecule has 0 unspecified atom stereocenters. The molecule has 14 heavy (non-hydrogen) atoms. The highest BCUT2D eigenvalue weighted by molar-refractivity contribution is 5.25. The second-order valence-electron chi connectivity index (χ2n) is 3.43. The minimum Gasteiger partial charge on any atom is -0.367 e.